The van der Waals surface area contributed by atoms with Gasteiger partial charge in [0.1, 0.15) is 6.54 Å². The molecule has 1 fully saturated rings. The summed E-state index contributed by atoms with van der Waals surface area (Å²) in [6.07, 6.45) is -2.86. The molecule has 1 aliphatic rings. The smallest absolute Gasteiger partial charge is 0.340 e. The number of aromatic nitrogens is 5. The second kappa shape index (κ2) is 7.35. The van der Waals surface area contributed by atoms with Crippen molar-refractivity contribution in [3.63, 3.8) is 0 Å². The topological polar surface area (TPSA) is 68.8 Å². The van der Waals surface area contributed by atoms with E-state index >= 15 is 0 Å². The number of carbonyl (C=O) groups is 1. The molecule has 0 unspecified atom stereocenters. The first-order valence-corrected chi connectivity index (χ1v) is 10.2. The molecule has 10 heteroatoms. The molecule has 0 N–H and O–H groups in total. The van der Waals surface area contributed by atoms with Crippen LogP contribution in [0.4, 0.5) is 13.2 Å². The maximum absolute atomic E-state index is 13.7. The number of amides is 1. The average molecular weight is 434 g/mol. The van der Waals surface area contributed by atoms with Crippen LogP contribution in [0.5, 0.6) is 0 Å². The van der Waals surface area contributed by atoms with Gasteiger partial charge in [0.15, 0.2) is 5.65 Å². The summed E-state index contributed by atoms with van der Waals surface area (Å²) < 4.78 is 44.3. The molecule has 1 amide bonds. The van der Waals surface area contributed by atoms with Crippen molar-refractivity contribution in [3.8, 4) is 0 Å². The van der Waals surface area contributed by atoms with E-state index in [2.05, 4.69) is 15.2 Å². The highest BCUT2D eigenvalue weighted by molar-refractivity contribution is 5.85. The van der Waals surface area contributed by atoms with Crippen LogP contribution in [0.2, 0.25) is 0 Å². The third-order valence-electron chi connectivity index (χ3n) is 5.96. The fourth-order valence-electron chi connectivity index (χ4n) is 3.92. The zero-order chi connectivity index (χ0) is 22.7. The average Bonchev–Trinajstić information content (AvgIpc) is 3.45. The number of hydrogen-bond acceptors (Lipinski definition) is 4. The van der Waals surface area contributed by atoms with Gasteiger partial charge in [0.25, 0.3) is 0 Å². The Kier molecular flexibility index (Phi) is 5.06. The number of fused-ring (bicyclic) bond motifs is 1. The maximum Gasteiger partial charge on any atom is 0.417 e. The second-order valence-corrected chi connectivity index (χ2v) is 8.33. The number of rotatable bonds is 5. The minimum absolute atomic E-state index is 0.0358. The minimum Gasteiger partial charge on any atom is -0.340 e. The quantitative estimate of drug-likeness (QED) is 0.615. The van der Waals surface area contributed by atoms with Crippen LogP contribution < -0.4 is 0 Å². The van der Waals surface area contributed by atoms with Gasteiger partial charge in [-0.2, -0.15) is 23.4 Å². The van der Waals surface area contributed by atoms with Gasteiger partial charge in [-0.05, 0) is 39.7 Å². The zero-order valence-electron chi connectivity index (χ0n) is 18.2. The summed E-state index contributed by atoms with van der Waals surface area (Å²) in [4.78, 5) is 18.9. The van der Waals surface area contributed by atoms with Gasteiger partial charge in [-0.1, -0.05) is 0 Å². The Hall–Kier alpha value is -2.91. The van der Waals surface area contributed by atoms with E-state index in [0.717, 1.165) is 35.9 Å². The Morgan fingerprint density at radius 1 is 1.19 bits per heavy atom. The van der Waals surface area contributed by atoms with E-state index in [0.29, 0.717) is 12.2 Å². The van der Waals surface area contributed by atoms with Crippen molar-refractivity contribution in [3.05, 3.63) is 40.0 Å². The summed E-state index contributed by atoms with van der Waals surface area (Å²) in [6, 6.07) is 1.14. The number of hydrogen-bond donors (Lipinski definition) is 0. The molecule has 3 heterocycles. The Morgan fingerprint density at radius 3 is 2.42 bits per heavy atom. The SMILES string of the molecule is Cc1nn(C)c(C)c1CN(C)C(=O)Cn1nc(C)c2c(C(F)(F)F)cc(C3CC3)nc21. The zero-order valence-corrected chi connectivity index (χ0v) is 18.2. The normalized spacial score (nSPS) is 14.5. The number of aryl methyl sites for hydroxylation is 3. The molecule has 0 spiro atoms. The lowest BCUT2D eigenvalue weighted by atomic mass is 10.1. The van der Waals surface area contributed by atoms with Crippen LogP contribution in [-0.4, -0.2) is 42.4 Å². The first-order chi connectivity index (χ1) is 14.5. The number of alkyl halides is 3. The van der Waals surface area contributed by atoms with Crippen molar-refractivity contribution >= 4 is 16.9 Å². The van der Waals surface area contributed by atoms with Crippen LogP contribution in [-0.2, 0) is 31.1 Å². The molecule has 0 bridgehead atoms. The number of carbonyl (C=O) groups excluding carboxylic acids is 1. The molecule has 0 aliphatic heterocycles. The van der Waals surface area contributed by atoms with Crippen LogP contribution in [0.25, 0.3) is 11.0 Å². The molecule has 3 aromatic heterocycles. The molecule has 1 aliphatic carbocycles. The van der Waals surface area contributed by atoms with Gasteiger partial charge in [0.2, 0.25) is 5.91 Å². The number of halogens is 3. The molecule has 0 saturated heterocycles. The Labute approximate surface area is 177 Å². The molecule has 0 atom stereocenters. The Bertz CT molecular complexity index is 1170. The largest absolute Gasteiger partial charge is 0.417 e. The van der Waals surface area contributed by atoms with E-state index in [1.807, 2.05) is 20.9 Å². The van der Waals surface area contributed by atoms with E-state index in [9.17, 15) is 18.0 Å². The molecule has 1 saturated carbocycles. The Morgan fingerprint density at radius 2 is 1.87 bits per heavy atom. The van der Waals surface area contributed by atoms with Crippen molar-refractivity contribution in [2.75, 3.05) is 7.05 Å². The van der Waals surface area contributed by atoms with Crippen LogP contribution >= 0.6 is 0 Å². The summed E-state index contributed by atoms with van der Waals surface area (Å²) in [6.45, 7) is 5.50. The highest BCUT2D eigenvalue weighted by Crippen LogP contribution is 2.43. The van der Waals surface area contributed by atoms with Crippen LogP contribution in [0.1, 0.15) is 52.7 Å². The first-order valence-electron chi connectivity index (χ1n) is 10.2. The van der Waals surface area contributed by atoms with E-state index in [-0.39, 0.29) is 35.1 Å². The summed E-state index contributed by atoms with van der Waals surface area (Å²) in [5, 5.41) is 8.57. The molecule has 0 radical (unpaired) electrons. The molecular weight excluding hydrogens is 409 g/mol. The summed E-state index contributed by atoms with van der Waals surface area (Å²) in [5.74, 6) is -0.219. The van der Waals surface area contributed by atoms with Gasteiger partial charge in [-0.15, -0.1) is 0 Å². The monoisotopic (exact) mass is 434 g/mol. The number of pyridine rings is 1. The first kappa shape index (κ1) is 21.3. The fourth-order valence-corrected chi connectivity index (χ4v) is 3.92. The predicted octanol–water partition coefficient (Wildman–Crippen LogP) is 3.64. The lowest BCUT2D eigenvalue weighted by Crippen LogP contribution is -2.30. The summed E-state index contributed by atoms with van der Waals surface area (Å²) in [7, 11) is 3.50. The second-order valence-electron chi connectivity index (χ2n) is 8.33. The van der Waals surface area contributed by atoms with Gasteiger partial charge < -0.3 is 4.90 Å². The third-order valence-corrected chi connectivity index (χ3v) is 5.96. The van der Waals surface area contributed by atoms with Crippen LogP contribution in [0.15, 0.2) is 6.07 Å². The maximum atomic E-state index is 13.7. The van der Waals surface area contributed by atoms with Crippen molar-refractivity contribution < 1.29 is 18.0 Å². The molecule has 4 rings (SSSR count). The molecule has 7 nitrogen and oxygen atoms in total. The summed E-state index contributed by atoms with van der Waals surface area (Å²) in [5.41, 5.74) is 2.77. The van der Waals surface area contributed by atoms with E-state index in [4.69, 9.17) is 0 Å². The van der Waals surface area contributed by atoms with Gasteiger partial charge >= 0.3 is 6.18 Å². The van der Waals surface area contributed by atoms with E-state index in [1.54, 1.807) is 11.7 Å². The van der Waals surface area contributed by atoms with Crippen molar-refractivity contribution in [2.24, 2.45) is 7.05 Å². The van der Waals surface area contributed by atoms with Gasteiger partial charge in [0.05, 0.1) is 22.3 Å². The predicted molar refractivity (Wildman–Crippen MR) is 108 cm³/mol. The van der Waals surface area contributed by atoms with Crippen LogP contribution in [0.3, 0.4) is 0 Å². The highest BCUT2D eigenvalue weighted by atomic mass is 19.4. The van der Waals surface area contributed by atoms with Gasteiger partial charge in [-0.25, -0.2) is 9.67 Å². The molecular formula is C21H25F3N6O. The summed E-state index contributed by atoms with van der Waals surface area (Å²) >= 11 is 0. The molecule has 0 aromatic carbocycles. The van der Waals surface area contributed by atoms with Gasteiger partial charge in [-0.3, -0.25) is 9.48 Å². The lowest BCUT2D eigenvalue weighted by molar-refractivity contribution is -0.136. The van der Waals surface area contributed by atoms with E-state index < -0.39 is 11.7 Å². The molecule has 166 valence electrons. The molecule has 31 heavy (non-hydrogen) atoms. The van der Waals surface area contributed by atoms with Crippen molar-refractivity contribution in [2.45, 2.75) is 58.8 Å². The third kappa shape index (κ3) is 3.90. The van der Waals surface area contributed by atoms with Crippen LogP contribution in [0, 0.1) is 20.8 Å². The standard InChI is InChI=1S/C21H25F3N6O/c1-11-15(13(3)29(5)26-11)9-28(4)18(31)10-30-20-19(12(2)27-30)16(21(22,23)24)8-17(25-20)14-6-7-14/h8,14H,6-7,9-10H2,1-5H3. The number of likely N-dealkylation sites (N-methyl/N-ethyl adjacent to an activating group) is 1. The Balaban J connectivity index is 1.66. The number of nitrogens with zero attached hydrogens (tertiary/aromatic N) is 6. The van der Waals surface area contributed by atoms with E-state index in [1.165, 1.54) is 16.5 Å². The minimum atomic E-state index is -4.51. The van der Waals surface area contributed by atoms with Gasteiger partial charge in [0, 0.05) is 43.5 Å². The molecule has 3 aromatic rings. The fraction of sp³-hybridized carbons (Fsp3) is 0.524. The van der Waals surface area contributed by atoms with Crippen molar-refractivity contribution in [1.82, 2.24) is 29.4 Å². The lowest BCUT2D eigenvalue weighted by Gasteiger charge is -2.18. The van der Waals surface area contributed by atoms with Crippen molar-refractivity contribution in [1.29, 1.82) is 0 Å². The highest BCUT2D eigenvalue weighted by Gasteiger charge is 2.37.